The minimum Gasteiger partial charge on any atom is -0.288 e. The molecule has 0 aliphatic rings. The maximum absolute atomic E-state index is 10.7. The minimum absolute atomic E-state index is 0.226. The van der Waals surface area contributed by atoms with Gasteiger partial charge < -0.3 is 0 Å². The predicted molar refractivity (Wildman–Crippen MR) is 51.6 cm³/mol. The molecule has 0 saturated heterocycles. The van der Waals surface area contributed by atoms with Gasteiger partial charge in [0.1, 0.15) is 0 Å². The number of hydrazine groups is 1. The van der Waals surface area contributed by atoms with Crippen molar-refractivity contribution >= 4 is 5.91 Å². The fourth-order valence-electron chi connectivity index (χ4n) is 0.880. The Labute approximate surface area is 77.4 Å². The topological polar surface area (TPSA) is 41.1 Å². The molecule has 1 amide bonds. The number of carbonyl (C=O) groups is 1. The summed E-state index contributed by atoms with van der Waals surface area (Å²) >= 11 is 0. The van der Waals surface area contributed by atoms with Crippen molar-refractivity contribution in [3.63, 3.8) is 0 Å². The maximum atomic E-state index is 10.7. The summed E-state index contributed by atoms with van der Waals surface area (Å²) in [5.74, 6) is -0.226. The lowest BCUT2D eigenvalue weighted by atomic mass is 10.2. The van der Waals surface area contributed by atoms with Crippen LogP contribution in [0.1, 0.15) is 5.56 Å². The van der Waals surface area contributed by atoms with Crippen molar-refractivity contribution < 1.29 is 4.79 Å². The fourth-order valence-corrected chi connectivity index (χ4v) is 0.880. The quantitative estimate of drug-likeness (QED) is 0.530. The van der Waals surface area contributed by atoms with Gasteiger partial charge in [-0.1, -0.05) is 36.9 Å². The highest BCUT2D eigenvalue weighted by atomic mass is 16.2. The van der Waals surface area contributed by atoms with E-state index in [0.29, 0.717) is 6.54 Å². The van der Waals surface area contributed by atoms with Gasteiger partial charge in [-0.05, 0) is 11.6 Å². The van der Waals surface area contributed by atoms with Gasteiger partial charge in [0.05, 0.1) is 0 Å². The minimum atomic E-state index is -0.226. The molecule has 0 radical (unpaired) electrons. The van der Waals surface area contributed by atoms with E-state index in [1.54, 1.807) is 0 Å². The Morgan fingerprint density at radius 2 is 2.08 bits per heavy atom. The van der Waals surface area contributed by atoms with Crippen molar-refractivity contribution in [2.75, 3.05) is 0 Å². The van der Waals surface area contributed by atoms with Crippen LogP contribution in [-0.4, -0.2) is 5.91 Å². The highest BCUT2D eigenvalue weighted by Gasteiger charge is 1.92. The summed E-state index contributed by atoms with van der Waals surface area (Å²) in [5, 5.41) is 0. The Hall–Kier alpha value is -1.61. The van der Waals surface area contributed by atoms with Gasteiger partial charge in [-0.3, -0.25) is 10.2 Å². The van der Waals surface area contributed by atoms with Crippen LogP contribution in [0.25, 0.3) is 0 Å². The molecule has 1 rings (SSSR count). The van der Waals surface area contributed by atoms with Gasteiger partial charge in [0.15, 0.2) is 0 Å². The van der Waals surface area contributed by atoms with Gasteiger partial charge in [-0.25, -0.2) is 5.43 Å². The van der Waals surface area contributed by atoms with Crippen LogP contribution in [0.5, 0.6) is 0 Å². The molecule has 2 N–H and O–H groups in total. The van der Waals surface area contributed by atoms with E-state index in [-0.39, 0.29) is 5.91 Å². The number of hydrogen-bond acceptors (Lipinski definition) is 2. The first-order valence-electron chi connectivity index (χ1n) is 4.02. The summed E-state index contributed by atoms with van der Waals surface area (Å²) in [6, 6.07) is 9.81. The summed E-state index contributed by atoms with van der Waals surface area (Å²) in [6.45, 7) is 3.95. The molecule has 0 heterocycles. The molecule has 0 aromatic heterocycles. The molecule has 0 saturated carbocycles. The molecule has 13 heavy (non-hydrogen) atoms. The summed E-state index contributed by atoms with van der Waals surface area (Å²) in [4.78, 5) is 10.7. The maximum Gasteiger partial charge on any atom is 0.257 e. The van der Waals surface area contributed by atoms with Gasteiger partial charge in [-0.2, -0.15) is 0 Å². The summed E-state index contributed by atoms with van der Waals surface area (Å²) in [7, 11) is 0. The Bertz CT molecular complexity index is 282. The van der Waals surface area contributed by atoms with E-state index >= 15 is 0 Å². The van der Waals surface area contributed by atoms with Gasteiger partial charge in [-0.15, -0.1) is 0 Å². The van der Waals surface area contributed by atoms with Crippen molar-refractivity contribution in [3.05, 3.63) is 48.6 Å². The van der Waals surface area contributed by atoms with Crippen LogP contribution in [0.4, 0.5) is 0 Å². The summed E-state index contributed by atoms with van der Waals surface area (Å²) < 4.78 is 0. The second-order valence-electron chi connectivity index (χ2n) is 2.53. The number of carbonyl (C=O) groups excluding carboxylic acids is 1. The standard InChI is InChI=1S/C10H12N2O/c1-2-10(13)12-11-8-9-6-4-3-5-7-9/h2-7,11H,1,8H2,(H,12,13). The zero-order chi connectivity index (χ0) is 9.52. The van der Waals surface area contributed by atoms with E-state index in [9.17, 15) is 4.79 Å². The zero-order valence-electron chi connectivity index (χ0n) is 7.29. The van der Waals surface area contributed by atoms with Crippen molar-refractivity contribution in [2.45, 2.75) is 6.54 Å². The Kier molecular flexibility index (Phi) is 3.73. The molecule has 0 aliphatic carbocycles. The van der Waals surface area contributed by atoms with Gasteiger partial charge in [0, 0.05) is 6.54 Å². The molecule has 0 fully saturated rings. The predicted octanol–water partition coefficient (Wildman–Crippen LogP) is 0.993. The average molecular weight is 176 g/mol. The van der Waals surface area contributed by atoms with Gasteiger partial charge in [0.25, 0.3) is 5.91 Å². The molecule has 0 aliphatic heterocycles. The second kappa shape index (κ2) is 5.11. The highest BCUT2D eigenvalue weighted by Crippen LogP contribution is 1.95. The van der Waals surface area contributed by atoms with Crippen LogP contribution >= 0.6 is 0 Å². The van der Waals surface area contributed by atoms with Crippen LogP contribution in [0.2, 0.25) is 0 Å². The Balaban J connectivity index is 2.28. The number of benzene rings is 1. The third kappa shape index (κ3) is 3.53. The van der Waals surface area contributed by atoms with Crippen LogP contribution in [0.15, 0.2) is 43.0 Å². The lowest BCUT2D eigenvalue weighted by Gasteiger charge is -2.04. The van der Waals surface area contributed by atoms with Crippen LogP contribution in [0, 0.1) is 0 Å². The zero-order valence-corrected chi connectivity index (χ0v) is 7.29. The third-order valence-electron chi connectivity index (χ3n) is 1.53. The smallest absolute Gasteiger partial charge is 0.257 e. The third-order valence-corrected chi connectivity index (χ3v) is 1.53. The lowest BCUT2D eigenvalue weighted by molar-refractivity contribution is -0.117. The molecule has 68 valence electrons. The van der Waals surface area contributed by atoms with E-state index in [1.165, 1.54) is 6.08 Å². The Morgan fingerprint density at radius 3 is 2.69 bits per heavy atom. The Morgan fingerprint density at radius 1 is 1.38 bits per heavy atom. The number of nitrogens with one attached hydrogen (secondary N) is 2. The van der Waals surface area contributed by atoms with Crippen molar-refractivity contribution in [3.8, 4) is 0 Å². The second-order valence-corrected chi connectivity index (χ2v) is 2.53. The molecular weight excluding hydrogens is 164 g/mol. The molecule has 0 bridgehead atoms. The molecule has 0 atom stereocenters. The van der Waals surface area contributed by atoms with Crippen molar-refractivity contribution in [1.82, 2.24) is 10.9 Å². The van der Waals surface area contributed by atoms with Crippen LogP contribution in [-0.2, 0) is 11.3 Å². The van der Waals surface area contributed by atoms with Gasteiger partial charge in [0.2, 0.25) is 0 Å². The molecule has 0 spiro atoms. The van der Waals surface area contributed by atoms with E-state index in [2.05, 4.69) is 17.4 Å². The number of hydrogen-bond donors (Lipinski definition) is 2. The SMILES string of the molecule is C=CC(=O)NNCc1ccccc1. The first kappa shape index (κ1) is 9.48. The average Bonchev–Trinajstić information content (AvgIpc) is 2.19. The number of rotatable bonds is 4. The monoisotopic (exact) mass is 176 g/mol. The first-order valence-corrected chi connectivity index (χ1v) is 4.02. The molecule has 1 aromatic rings. The van der Waals surface area contributed by atoms with Crippen LogP contribution < -0.4 is 10.9 Å². The largest absolute Gasteiger partial charge is 0.288 e. The first-order chi connectivity index (χ1) is 6.33. The summed E-state index contributed by atoms with van der Waals surface area (Å²) in [6.07, 6.45) is 1.22. The normalized spacial score (nSPS) is 9.23. The van der Waals surface area contributed by atoms with Gasteiger partial charge >= 0.3 is 0 Å². The molecular formula is C10H12N2O. The highest BCUT2D eigenvalue weighted by molar-refractivity contribution is 5.86. The van der Waals surface area contributed by atoms with E-state index in [0.717, 1.165) is 5.56 Å². The van der Waals surface area contributed by atoms with E-state index < -0.39 is 0 Å². The van der Waals surface area contributed by atoms with E-state index in [4.69, 9.17) is 0 Å². The fraction of sp³-hybridized carbons (Fsp3) is 0.100. The van der Waals surface area contributed by atoms with Crippen LogP contribution in [0.3, 0.4) is 0 Å². The molecule has 3 nitrogen and oxygen atoms in total. The lowest BCUT2D eigenvalue weighted by Crippen LogP contribution is -2.35. The number of amides is 1. The molecule has 1 aromatic carbocycles. The molecule has 3 heteroatoms. The summed E-state index contributed by atoms with van der Waals surface area (Å²) in [5.41, 5.74) is 6.37. The van der Waals surface area contributed by atoms with Crippen molar-refractivity contribution in [2.24, 2.45) is 0 Å². The van der Waals surface area contributed by atoms with E-state index in [1.807, 2.05) is 30.3 Å². The molecule has 0 unspecified atom stereocenters. The van der Waals surface area contributed by atoms with Crippen molar-refractivity contribution in [1.29, 1.82) is 0 Å².